The average molecular weight is 467 g/mol. The van der Waals surface area contributed by atoms with Crippen LogP contribution in [0.3, 0.4) is 0 Å². The number of anilines is 1. The topological polar surface area (TPSA) is 94.2 Å². The molecule has 1 heterocycles. The zero-order valence-electron chi connectivity index (χ0n) is 17.1. The van der Waals surface area contributed by atoms with Crippen molar-refractivity contribution in [1.29, 1.82) is 0 Å². The summed E-state index contributed by atoms with van der Waals surface area (Å²) < 4.78 is 42.8. The van der Waals surface area contributed by atoms with Crippen LogP contribution >= 0.6 is 11.6 Å². The van der Waals surface area contributed by atoms with Crippen molar-refractivity contribution in [1.82, 2.24) is 4.31 Å². The van der Waals surface area contributed by atoms with Crippen LogP contribution < -0.4 is 14.8 Å². The maximum absolute atomic E-state index is 12.9. The highest BCUT2D eigenvalue weighted by Crippen LogP contribution is 2.28. The highest BCUT2D eigenvalue weighted by Gasteiger charge is 2.28. The fourth-order valence-corrected chi connectivity index (χ4v) is 4.89. The van der Waals surface area contributed by atoms with Gasteiger partial charge in [0.25, 0.3) is 0 Å². The van der Waals surface area contributed by atoms with Gasteiger partial charge < -0.3 is 19.5 Å². The lowest BCUT2D eigenvalue weighted by molar-refractivity contribution is -0.111. The predicted molar refractivity (Wildman–Crippen MR) is 118 cm³/mol. The van der Waals surface area contributed by atoms with Gasteiger partial charge in [-0.15, -0.1) is 0 Å². The van der Waals surface area contributed by atoms with Gasteiger partial charge in [-0.3, -0.25) is 4.79 Å². The molecule has 1 fully saturated rings. The summed E-state index contributed by atoms with van der Waals surface area (Å²) in [4.78, 5) is 12.3. The standard InChI is InChI=1S/C21H23ClN2O6S/c1-28-17-11-15(12-18(14-17)29-2)3-6-21(25)23-16-4-5-19(22)20(13-16)31(26,27)24-7-9-30-10-8-24/h3-6,11-14H,7-10H2,1-2H3,(H,23,25)/b6-3+. The number of sulfonamides is 1. The van der Waals surface area contributed by atoms with E-state index in [-0.39, 0.29) is 23.0 Å². The average Bonchev–Trinajstić information content (AvgIpc) is 2.79. The molecule has 0 bridgehead atoms. The number of benzene rings is 2. The number of morpholine rings is 1. The van der Waals surface area contributed by atoms with Crippen molar-refractivity contribution in [2.45, 2.75) is 4.90 Å². The SMILES string of the molecule is COc1cc(/C=C/C(=O)Nc2ccc(Cl)c(S(=O)(=O)N3CCOCC3)c2)cc(OC)c1. The third-order valence-corrected chi connectivity index (χ3v) is 6.97. The lowest BCUT2D eigenvalue weighted by atomic mass is 10.2. The van der Waals surface area contributed by atoms with E-state index < -0.39 is 15.9 Å². The summed E-state index contributed by atoms with van der Waals surface area (Å²) >= 11 is 6.15. The molecule has 0 aromatic heterocycles. The molecule has 8 nitrogen and oxygen atoms in total. The maximum atomic E-state index is 12.9. The lowest BCUT2D eigenvalue weighted by Gasteiger charge is -2.26. The third kappa shape index (κ3) is 5.76. The predicted octanol–water partition coefficient (Wildman–Crippen LogP) is 3.03. The Balaban J connectivity index is 1.76. The summed E-state index contributed by atoms with van der Waals surface area (Å²) in [5.41, 5.74) is 1.02. The Labute approximate surface area is 186 Å². The fourth-order valence-electron chi connectivity index (χ4n) is 2.99. The number of nitrogens with zero attached hydrogens (tertiary/aromatic N) is 1. The number of halogens is 1. The summed E-state index contributed by atoms with van der Waals surface area (Å²) in [6, 6.07) is 9.57. The molecule has 1 aliphatic rings. The van der Waals surface area contributed by atoms with Crippen molar-refractivity contribution in [2.24, 2.45) is 0 Å². The van der Waals surface area contributed by atoms with Gasteiger partial charge in [0.2, 0.25) is 15.9 Å². The van der Waals surface area contributed by atoms with Gasteiger partial charge in [0.05, 0.1) is 32.5 Å². The number of carbonyl (C=O) groups excluding carboxylic acids is 1. The minimum Gasteiger partial charge on any atom is -0.497 e. The number of amides is 1. The van der Waals surface area contributed by atoms with Crippen LogP contribution in [0.25, 0.3) is 6.08 Å². The number of hydrogen-bond acceptors (Lipinski definition) is 6. The van der Waals surface area contributed by atoms with Crippen molar-refractivity contribution < 1.29 is 27.4 Å². The second-order valence-corrected chi connectivity index (χ2v) is 8.94. The minimum absolute atomic E-state index is 0.0598. The highest BCUT2D eigenvalue weighted by atomic mass is 35.5. The summed E-state index contributed by atoms with van der Waals surface area (Å²) in [7, 11) is -0.718. The second-order valence-electron chi connectivity index (χ2n) is 6.63. The molecular formula is C21H23ClN2O6S. The Morgan fingerprint density at radius 3 is 2.35 bits per heavy atom. The first-order valence-corrected chi connectivity index (χ1v) is 11.2. The zero-order valence-corrected chi connectivity index (χ0v) is 18.7. The summed E-state index contributed by atoms with van der Waals surface area (Å²) in [6.45, 7) is 1.16. The van der Waals surface area contributed by atoms with Gasteiger partial charge >= 0.3 is 0 Å². The number of rotatable bonds is 7. The van der Waals surface area contributed by atoms with E-state index in [1.54, 1.807) is 30.3 Å². The highest BCUT2D eigenvalue weighted by molar-refractivity contribution is 7.89. The Hall–Kier alpha value is -2.59. The molecule has 2 aromatic rings. The Kier molecular flexibility index (Phi) is 7.55. The minimum atomic E-state index is -3.80. The van der Waals surface area contributed by atoms with Crippen LogP contribution in [-0.4, -0.2) is 59.2 Å². The molecule has 0 aliphatic carbocycles. The van der Waals surface area contributed by atoms with Gasteiger partial charge in [0, 0.05) is 30.9 Å². The summed E-state index contributed by atoms with van der Waals surface area (Å²) in [6.07, 6.45) is 2.93. The number of hydrogen-bond donors (Lipinski definition) is 1. The molecule has 1 amide bonds. The van der Waals surface area contributed by atoms with E-state index in [1.165, 1.54) is 36.7 Å². The summed E-state index contributed by atoms with van der Waals surface area (Å²) in [5.74, 6) is 0.754. The Morgan fingerprint density at radius 1 is 1.10 bits per heavy atom. The number of ether oxygens (including phenoxy) is 3. The van der Waals surface area contributed by atoms with Crippen LogP contribution in [-0.2, 0) is 19.6 Å². The quantitative estimate of drug-likeness (QED) is 0.630. The van der Waals surface area contributed by atoms with E-state index in [2.05, 4.69) is 5.32 Å². The first-order chi connectivity index (χ1) is 14.8. The molecule has 0 saturated carbocycles. The van der Waals surface area contributed by atoms with Crippen LogP contribution in [0.15, 0.2) is 47.4 Å². The zero-order chi connectivity index (χ0) is 22.4. The monoisotopic (exact) mass is 466 g/mol. The Bertz CT molecular complexity index is 1060. The van der Waals surface area contributed by atoms with E-state index in [0.717, 1.165) is 0 Å². The molecule has 31 heavy (non-hydrogen) atoms. The third-order valence-electron chi connectivity index (χ3n) is 4.59. The molecule has 1 aliphatic heterocycles. The van der Waals surface area contributed by atoms with E-state index >= 15 is 0 Å². The van der Waals surface area contributed by atoms with Gasteiger partial charge in [-0.2, -0.15) is 4.31 Å². The van der Waals surface area contributed by atoms with E-state index in [0.29, 0.717) is 36.0 Å². The molecule has 0 spiro atoms. The molecular weight excluding hydrogens is 444 g/mol. The fraction of sp³-hybridized carbons (Fsp3) is 0.286. The van der Waals surface area contributed by atoms with Gasteiger partial charge in [-0.1, -0.05) is 11.6 Å². The van der Waals surface area contributed by atoms with Crippen LogP contribution in [0, 0.1) is 0 Å². The Morgan fingerprint density at radius 2 is 1.74 bits per heavy atom. The van der Waals surface area contributed by atoms with Crippen LogP contribution in [0.4, 0.5) is 5.69 Å². The molecule has 166 valence electrons. The molecule has 3 rings (SSSR count). The van der Waals surface area contributed by atoms with Crippen LogP contribution in [0.2, 0.25) is 5.02 Å². The largest absolute Gasteiger partial charge is 0.497 e. The van der Waals surface area contributed by atoms with Crippen molar-refractivity contribution in [3.05, 3.63) is 53.1 Å². The molecule has 1 saturated heterocycles. The van der Waals surface area contributed by atoms with Crippen molar-refractivity contribution >= 4 is 39.3 Å². The molecule has 1 N–H and O–H groups in total. The van der Waals surface area contributed by atoms with E-state index in [9.17, 15) is 13.2 Å². The van der Waals surface area contributed by atoms with Crippen LogP contribution in [0.1, 0.15) is 5.56 Å². The van der Waals surface area contributed by atoms with E-state index in [4.69, 9.17) is 25.8 Å². The van der Waals surface area contributed by atoms with Gasteiger partial charge in [0.1, 0.15) is 16.4 Å². The smallest absolute Gasteiger partial charge is 0.248 e. The van der Waals surface area contributed by atoms with Crippen molar-refractivity contribution in [3.8, 4) is 11.5 Å². The van der Waals surface area contributed by atoms with Crippen molar-refractivity contribution in [2.75, 3.05) is 45.8 Å². The molecule has 10 heteroatoms. The second kappa shape index (κ2) is 10.1. The number of nitrogens with one attached hydrogen (secondary N) is 1. The van der Waals surface area contributed by atoms with E-state index in [1.807, 2.05) is 0 Å². The summed E-state index contributed by atoms with van der Waals surface area (Å²) in [5, 5.41) is 2.74. The maximum Gasteiger partial charge on any atom is 0.248 e. The number of methoxy groups -OCH3 is 2. The van der Waals surface area contributed by atoms with Crippen LogP contribution in [0.5, 0.6) is 11.5 Å². The number of carbonyl (C=O) groups is 1. The first-order valence-electron chi connectivity index (χ1n) is 9.43. The van der Waals surface area contributed by atoms with Crippen molar-refractivity contribution in [3.63, 3.8) is 0 Å². The van der Waals surface area contributed by atoms with Gasteiger partial charge in [0.15, 0.2) is 0 Å². The van der Waals surface area contributed by atoms with Gasteiger partial charge in [-0.05, 0) is 42.0 Å². The lowest BCUT2D eigenvalue weighted by Crippen LogP contribution is -2.40. The molecule has 0 radical (unpaired) electrons. The van der Waals surface area contributed by atoms with Gasteiger partial charge in [-0.25, -0.2) is 8.42 Å². The molecule has 0 unspecified atom stereocenters. The first kappa shape index (κ1) is 23.1. The molecule has 2 aromatic carbocycles. The molecule has 0 atom stereocenters. The normalized spacial score (nSPS) is 15.1.